The second-order valence-corrected chi connectivity index (χ2v) is 4.32. The number of ether oxygens (including phenoxy) is 3. The predicted octanol–water partition coefficient (Wildman–Crippen LogP) is 2.70. The molecule has 1 atom stereocenters. The summed E-state index contributed by atoms with van der Waals surface area (Å²) >= 11 is 0. The Kier molecular flexibility index (Phi) is 4.20. The van der Waals surface area contributed by atoms with E-state index in [1.165, 1.54) is 20.5 Å². The van der Waals surface area contributed by atoms with E-state index in [4.69, 9.17) is 18.6 Å². The number of rotatable bonds is 5. The molecule has 2 rings (SSSR count). The Morgan fingerprint density at radius 2 is 1.75 bits per heavy atom. The van der Waals surface area contributed by atoms with Gasteiger partial charge in [0.05, 0.1) is 27.6 Å². The lowest BCUT2D eigenvalue weighted by Crippen LogP contribution is -2.04. The first-order valence-corrected chi connectivity index (χ1v) is 6.14. The quantitative estimate of drug-likeness (QED) is 0.911. The van der Waals surface area contributed by atoms with Crippen LogP contribution < -0.4 is 14.2 Å². The van der Waals surface area contributed by atoms with Gasteiger partial charge in [0, 0.05) is 11.1 Å². The summed E-state index contributed by atoms with van der Waals surface area (Å²) in [5, 5.41) is 10.5. The summed E-state index contributed by atoms with van der Waals surface area (Å²) in [7, 11) is 4.60. The van der Waals surface area contributed by atoms with Gasteiger partial charge in [0.1, 0.15) is 11.9 Å². The molecule has 20 heavy (non-hydrogen) atoms. The molecule has 0 aliphatic heterocycles. The van der Waals surface area contributed by atoms with Gasteiger partial charge in [0.15, 0.2) is 11.5 Å². The van der Waals surface area contributed by atoms with Crippen molar-refractivity contribution in [3.63, 3.8) is 0 Å². The van der Waals surface area contributed by atoms with Crippen LogP contribution in [0.2, 0.25) is 0 Å². The number of benzene rings is 1. The Morgan fingerprint density at radius 1 is 1.05 bits per heavy atom. The summed E-state index contributed by atoms with van der Waals surface area (Å²) in [6, 6.07) is 5.25. The Morgan fingerprint density at radius 3 is 2.25 bits per heavy atom. The maximum Gasteiger partial charge on any atom is 0.203 e. The van der Waals surface area contributed by atoms with Crippen LogP contribution in [0.15, 0.2) is 28.9 Å². The molecular weight excluding hydrogens is 260 g/mol. The molecule has 0 amide bonds. The van der Waals surface area contributed by atoms with E-state index in [0.717, 1.165) is 5.76 Å². The van der Waals surface area contributed by atoms with Gasteiger partial charge in [-0.25, -0.2) is 0 Å². The zero-order chi connectivity index (χ0) is 14.7. The summed E-state index contributed by atoms with van der Waals surface area (Å²) in [5.41, 5.74) is 1.25. The molecule has 0 bridgehead atoms. The first kappa shape index (κ1) is 14.3. The Hall–Kier alpha value is -2.14. The van der Waals surface area contributed by atoms with Crippen LogP contribution in [0.1, 0.15) is 23.0 Å². The minimum absolute atomic E-state index is 0.443. The molecule has 0 aliphatic rings. The number of hydrogen-bond acceptors (Lipinski definition) is 5. The number of aryl methyl sites for hydroxylation is 1. The molecule has 1 N–H and O–H groups in total. The van der Waals surface area contributed by atoms with E-state index in [1.54, 1.807) is 25.3 Å². The average molecular weight is 278 g/mol. The lowest BCUT2D eigenvalue weighted by atomic mass is 10.0. The number of methoxy groups -OCH3 is 3. The number of aliphatic hydroxyl groups is 1. The van der Waals surface area contributed by atoms with Crippen LogP contribution in [0.4, 0.5) is 0 Å². The highest BCUT2D eigenvalue weighted by molar-refractivity contribution is 5.57. The van der Waals surface area contributed by atoms with Crippen molar-refractivity contribution in [2.45, 2.75) is 13.0 Å². The highest BCUT2D eigenvalue weighted by Crippen LogP contribution is 2.43. The molecule has 1 unspecified atom stereocenters. The van der Waals surface area contributed by atoms with Crippen molar-refractivity contribution in [3.05, 3.63) is 41.3 Å². The van der Waals surface area contributed by atoms with Crippen molar-refractivity contribution in [1.82, 2.24) is 0 Å². The molecule has 1 heterocycles. The molecule has 0 spiro atoms. The van der Waals surface area contributed by atoms with Crippen LogP contribution in [0.5, 0.6) is 17.2 Å². The number of aliphatic hydroxyl groups excluding tert-OH is 1. The van der Waals surface area contributed by atoms with Crippen LogP contribution >= 0.6 is 0 Å². The molecule has 0 saturated heterocycles. The monoisotopic (exact) mass is 278 g/mol. The lowest BCUT2D eigenvalue weighted by molar-refractivity contribution is 0.211. The van der Waals surface area contributed by atoms with Gasteiger partial charge in [-0.3, -0.25) is 0 Å². The van der Waals surface area contributed by atoms with Crippen LogP contribution in [0.3, 0.4) is 0 Å². The number of hydrogen-bond donors (Lipinski definition) is 1. The Bertz CT molecular complexity index is 588. The summed E-state index contributed by atoms with van der Waals surface area (Å²) in [6.07, 6.45) is 0.665. The third kappa shape index (κ3) is 2.44. The second kappa shape index (κ2) is 5.88. The molecule has 5 nitrogen and oxygen atoms in total. The molecule has 0 fully saturated rings. The Labute approximate surface area is 117 Å². The van der Waals surface area contributed by atoms with Crippen molar-refractivity contribution >= 4 is 0 Å². The molecule has 1 aromatic carbocycles. The van der Waals surface area contributed by atoms with E-state index in [1.807, 2.05) is 6.92 Å². The first-order chi connectivity index (χ1) is 9.62. The molecule has 1 aromatic heterocycles. The highest BCUT2D eigenvalue weighted by atomic mass is 16.5. The second-order valence-electron chi connectivity index (χ2n) is 4.32. The van der Waals surface area contributed by atoms with Crippen LogP contribution in [-0.2, 0) is 0 Å². The molecule has 2 aromatic rings. The fourth-order valence-corrected chi connectivity index (χ4v) is 2.13. The van der Waals surface area contributed by atoms with E-state index in [-0.39, 0.29) is 0 Å². The fraction of sp³-hybridized carbons (Fsp3) is 0.333. The van der Waals surface area contributed by atoms with Crippen LogP contribution in [0, 0.1) is 6.92 Å². The largest absolute Gasteiger partial charge is 0.493 e. The Balaban J connectivity index is 2.51. The molecule has 0 aliphatic carbocycles. The van der Waals surface area contributed by atoms with Gasteiger partial charge < -0.3 is 23.7 Å². The molecule has 0 radical (unpaired) electrons. The van der Waals surface area contributed by atoms with Crippen molar-refractivity contribution in [2.75, 3.05) is 21.3 Å². The maximum atomic E-state index is 10.5. The van der Waals surface area contributed by atoms with Crippen molar-refractivity contribution < 1.29 is 23.7 Å². The first-order valence-electron chi connectivity index (χ1n) is 6.14. The van der Waals surface area contributed by atoms with Gasteiger partial charge in [-0.05, 0) is 25.1 Å². The van der Waals surface area contributed by atoms with Gasteiger partial charge in [-0.2, -0.15) is 0 Å². The molecular formula is C15H18O5. The minimum atomic E-state index is -0.859. The minimum Gasteiger partial charge on any atom is -0.493 e. The average Bonchev–Trinajstić information content (AvgIpc) is 2.91. The summed E-state index contributed by atoms with van der Waals surface area (Å²) in [4.78, 5) is 0. The van der Waals surface area contributed by atoms with Gasteiger partial charge in [-0.1, -0.05) is 0 Å². The third-order valence-electron chi connectivity index (χ3n) is 3.10. The van der Waals surface area contributed by atoms with Gasteiger partial charge >= 0.3 is 0 Å². The van der Waals surface area contributed by atoms with E-state index in [2.05, 4.69) is 0 Å². The number of furan rings is 1. The highest BCUT2D eigenvalue weighted by Gasteiger charge is 2.22. The van der Waals surface area contributed by atoms with Crippen molar-refractivity contribution in [2.24, 2.45) is 0 Å². The summed E-state index contributed by atoms with van der Waals surface area (Å²) in [5.74, 6) is 2.17. The summed E-state index contributed by atoms with van der Waals surface area (Å²) < 4.78 is 21.1. The van der Waals surface area contributed by atoms with Crippen LogP contribution in [0.25, 0.3) is 0 Å². The fourth-order valence-electron chi connectivity index (χ4n) is 2.13. The zero-order valence-electron chi connectivity index (χ0n) is 12.0. The third-order valence-corrected chi connectivity index (χ3v) is 3.10. The lowest BCUT2D eigenvalue weighted by Gasteiger charge is -2.18. The molecule has 5 heteroatoms. The molecule has 0 saturated carbocycles. The van der Waals surface area contributed by atoms with Crippen molar-refractivity contribution in [1.29, 1.82) is 0 Å². The van der Waals surface area contributed by atoms with E-state index in [0.29, 0.717) is 28.4 Å². The normalized spacial score (nSPS) is 12.1. The smallest absolute Gasteiger partial charge is 0.203 e. The topological polar surface area (TPSA) is 61.1 Å². The van der Waals surface area contributed by atoms with Crippen LogP contribution in [-0.4, -0.2) is 26.4 Å². The van der Waals surface area contributed by atoms with Gasteiger partial charge in [0.2, 0.25) is 5.75 Å². The van der Waals surface area contributed by atoms with E-state index >= 15 is 0 Å². The van der Waals surface area contributed by atoms with Gasteiger partial charge in [0.25, 0.3) is 0 Å². The maximum absolute atomic E-state index is 10.5. The zero-order valence-corrected chi connectivity index (χ0v) is 12.0. The standard InChI is InChI=1S/C15H18O5/c1-9-7-10(8-20-9)13(16)11-5-6-12(17-2)15(19-4)14(11)18-3/h5-8,13,16H,1-4H3. The predicted molar refractivity (Wildman–Crippen MR) is 73.6 cm³/mol. The van der Waals surface area contributed by atoms with Gasteiger partial charge in [-0.15, -0.1) is 0 Å². The van der Waals surface area contributed by atoms with E-state index in [9.17, 15) is 5.11 Å². The molecule has 108 valence electrons. The van der Waals surface area contributed by atoms with Crippen molar-refractivity contribution in [3.8, 4) is 17.2 Å². The SMILES string of the molecule is COc1ccc(C(O)c2coc(C)c2)c(OC)c1OC. The van der Waals surface area contributed by atoms with E-state index < -0.39 is 6.10 Å². The summed E-state index contributed by atoms with van der Waals surface area (Å²) in [6.45, 7) is 1.82.